The van der Waals surface area contributed by atoms with Gasteiger partial charge in [-0.15, -0.1) is 11.3 Å². The normalized spacial score (nSPS) is 15.2. The maximum atomic E-state index is 12.1. The van der Waals surface area contributed by atoms with Crippen molar-refractivity contribution in [3.63, 3.8) is 0 Å². The summed E-state index contributed by atoms with van der Waals surface area (Å²) in [6.07, 6.45) is 2.92. The average molecular weight is 392 g/mol. The Hall–Kier alpha value is -2.43. The minimum Gasteiger partial charge on any atom is -0.478 e. The molecule has 3 nitrogen and oxygen atoms in total. The molecule has 1 aliphatic rings. The molecule has 0 aliphatic heterocycles. The van der Waals surface area contributed by atoms with Gasteiger partial charge in [-0.25, -0.2) is 4.79 Å². The second-order valence-corrected chi connectivity index (χ2v) is 9.44. The van der Waals surface area contributed by atoms with Gasteiger partial charge < -0.3 is 10.8 Å². The fraction of sp³-hybridized carbons (Fsp3) is 0.292. The number of aromatic carboxylic acids is 1. The molecule has 4 heteroatoms. The van der Waals surface area contributed by atoms with Crippen LogP contribution in [0.5, 0.6) is 0 Å². The predicted molar refractivity (Wildman–Crippen MR) is 116 cm³/mol. The highest BCUT2D eigenvalue weighted by molar-refractivity contribution is 7.16. The Labute approximate surface area is 169 Å². The maximum absolute atomic E-state index is 12.1. The maximum Gasteiger partial charge on any atom is 0.337 e. The molecular weight excluding hydrogens is 366 g/mol. The molecule has 0 spiro atoms. The smallest absolute Gasteiger partial charge is 0.337 e. The van der Waals surface area contributed by atoms with Crippen molar-refractivity contribution in [1.29, 1.82) is 0 Å². The highest BCUT2D eigenvalue weighted by Crippen LogP contribution is 2.45. The van der Waals surface area contributed by atoms with Crippen molar-refractivity contribution in [3.05, 3.63) is 70.1 Å². The molecule has 0 bridgehead atoms. The minimum absolute atomic E-state index is 0.162. The molecule has 1 aromatic heterocycles. The van der Waals surface area contributed by atoms with Crippen LogP contribution in [0.2, 0.25) is 0 Å². The molecule has 0 atom stereocenters. The van der Waals surface area contributed by atoms with E-state index in [1.54, 1.807) is 11.3 Å². The first-order chi connectivity index (χ1) is 13.4. The van der Waals surface area contributed by atoms with Gasteiger partial charge >= 0.3 is 5.97 Å². The number of hydrogen-bond acceptors (Lipinski definition) is 3. The number of benzene rings is 2. The van der Waals surface area contributed by atoms with Crippen molar-refractivity contribution < 1.29 is 9.90 Å². The standard InChI is InChI=1S/C24H25NO2S/c1-24(2)12-11-20-19(13-24)21(23(26)27)22(28-20)18-9-7-17(8-10-18)16-5-3-15(14-25)4-6-16/h3-10H,11-14,25H2,1-2H3,(H,26,27). The van der Waals surface area contributed by atoms with Crippen LogP contribution in [0, 0.1) is 5.41 Å². The van der Waals surface area contributed by atoms with Crippen molar-refractivity contribution in [3.8, 4) is 21.6 Å². The van der Waals surface area contributed by atoms with Gasteiger partial charge in [0.2, 0.25) is 0 Å². The van der Waals surface area contributed by atoms with Crippen LogP contribution in [0.3, 0.4) is 0 Å². The fourth-order valence-electron chi connectivity index (χ4n) is 4.00. The number of carbonyl (C=O) groups is 1. The number of hydrogen-bond donors (Lipinski definition) is 2. The lowest BCUT2D eigenvalue weighted by molar-refractivity contribution is 0.0696. The van der Waals surface area contributed by atoms with Crippen LogP contribution in [-0.2, 0) is 19.4 Å². The molecule has 144 valence electrons. The molecule has 1 heterocycles. The van der Waals surface area contributed by atoms with Crippen LogP contribution in [-0.4, -0.2) is 11.1 Å². The summed E-state index contributed by atoms with van der Waals surface area (Å²) in [5.41, 5.74) is 11.7. The molecule has 0 unspecified atom stereocenters. The predicted octanol–water partition coefficient (Wildman–Crippen LogP) is 5.75. The van der Waals surface area contributed by atoms with E-state index < -0.39 is 5.97 Å². The van der Waals surface area contributed by atoms with E-state index in [9.17, 15) is 9.90 Å². The number of carboxylic acid groups (broad SMARTS) is 1. The van der Waals surface area contributed by atoms with E-state index in [4.69, 9.17) is 5.73 Å². The number of fused-ring (bicyclic) bond motifs is 1. The van der Waals surface area contributed by atoms with Crippen LogP contribution >= 0.6 is 11.3 Å². The molecule has 3 N–H and O–H groups in total. The molecule has 4 rings (SSSR count). The van der Waals surface area contributed by atoms with Crippen molar-refractivity contribution >= 4 is 17.3 Å². The van der Waals surface area contributed by atoms with Crippen molar-refractivity contribution in [1.82, 2.24) is 0 Å². The van der Waals surface area contributed by atoms with Crippen molar-refractivity contribution in [2.45, 2.75) is 39.7 Å². The SMILES string of the molecule is CC1(C)CCc2sc(-c3ccc(-c4ccc(CN)cc4)cc3)c(C(=O)O)c2C1. The van der Waals surface area contributed by atoms with Gasteiger partial charge in [0.05, 0.1) is 5.56 Å². The van der Waals surface area contributed by atoms with Crippen LogP contribution < -0.4 is 5.73 Å². The first-order valence-corrected chi connectivity index (χ1v) is 10.5. The van der Waals surface area contributed by atoms with Gasteiger partial charge in [0.15, 0.2) is 0 Å². The summed E-state index contributed by atoms with van der Waals surface area (Å²) in [5.74, 6) is -0.813. The number of nitrogens with two attached hydrogens (primary N) is 1. The topological polar surface area (TPSA) is 63.3 Å². The summed E-state index contributed by atoms with van der Waals surface area (Å²) >= 11 is 1.66. The molecule has 28 heavy (non-hydrogen) atoms. The minimum atomic E-state index is -0.813. The van der Waals surface area contributed by atoms with E-state index >= 15 is 0 Å². The Morgan fingerprint density at radius 2 is 1.61 bits per heavy atom. The first-order valence-electron chi connectivity index (χ1n) is 9.65. The highest BCUT2D eigenvalue weighted by atomic mass is 32.1. The Morgan fingerprint density at radius 1 is 1.04 bits per heavy atom. The fourth-order valence-corrected chi connectivity index (χ4v) is 5.31. The van der Waals surface area contributed by atoms with E-state index in [2.05, 4.69) is 38.1 Å². The monoisotopic (exact) mass is 391 g/mol. The number of rotatable bonds is 4. The Morgan fingerprint density at radius 3 is 2.18 bits per heavy atom. The van der Waals surface area contributed by atoms with Crippen LogP contribution in [0.4, 0.5) is 0 Å². The highest BCUT2D eigenvalue weighted by Gasteiger charge is 2.32. The van der Waals surface area contributed by atoms with Gasteiger partial charge in [0.1, 0.15) is 0 Å². The van der Waals surface area contributed by atoms with Crippen molar-refractivity contribution in [2.75, 3.05) is 0 Å². The average Bonchev–Trinajstić information content (AvgIpc) is 3.06. The van der Waals surface area contributed by atoms with E-state index in [0.29, 0.717) is 12.1 Å². The van der Waals surface area contributed by atoms with E-state index in [0.717, 1.165) is 52.0 Å². The van der Waals surface area contributed by atoms with Crippen LogP contribution in [0.15, 0.2) is 48.5 Å². The summed E-state index contributed by atoms with van der Waals surface area (Å²) < 4.78 is 0. The Kier molecular flexibility index (Phi) is 4.86. The number of carboxylic acids is 1. The summed E-state index contributed by atoms with van der Waals surface area (Å²) in [5, 5.41) is 9.92. The van der Waals surface area contributed by atoms with Crippen LogP contribution in [0.25, 0.3) is 21.6 Å². The van der Waals surface area contributed by atoms with E-state index in [1.165, 1.54) is 4.88 Å². The first kappa shape index (κ1) is 18.9. The Balaban J connectivity index is 1.71. The molecule has 1 aliphatic carbocycles. The van der Waals surface area contributed by atoms with E-state index in [-0.39, 0.29) is 5.41 Å². The lowest BCUT2D eigenvalue weighted by Crippen LogP contribution is -2.22. The third-order valence-corrected chi connectivity index (χ3v) is 7.00. The second-order valence-electron chi connectivity index (χ2n) is 8.33. The zero-order valence-electron chi connectivity index (χ0n) is 16.3. The summed E-state index contributed by atoms with van der Waals surface area (Å²) in [6.45, 7) is 4.99. The van der Waals surface area contributed by atoms with Gasteiger partial charge in [-0.1, -0.05) is 62.4 Å². The van der Waals surface area contributed by atoms with Gasteiger partial charge in [0.25, 0.3) is 0 Å². The lowest BCUT2D eigenvalue weighted by atomic mass is 9.76. The number of thiophene rings is 1. The molecule has 0 amide bonds. The molecule has 0 saturated carbocycles. The summed E-state index contributed by atoms with van der Waals surface area (Å²) in [7, 11) is 0. The molecule has 0 radical (unpaired) electrons. The lowest BCUT2D eigenvalue weighted by Gasteiger charge is -2.29. The summed E-state index contributed by atoms with van der Waals surface area (Å²) in [6, 6.07) is 16.5. The zero-order valence-corrected chi connectivity index (χ0v) is 17.1. The number of aryl methyl sites for hydroxylation is 1. The van der Waals surface area contributed by atoms with Crippen LogP contribution in [0.1, 0.15) is 46.6 Å². The third-order valence-electron chi connectivity index (χ3n) is 5.66. The largest absolute Gasteiger partial charge is 0.478 e. The molecule has 3 aromatic rings. The molecular formula is C24H25NO2S. The second kappa shape index (κ2) is 7.19. The quantitative estimate of drug-likeness (QED) is 0.595. The molecule has 0 fully saturated rings. The summed E-state index contributed by atoms with van der Waals surface area (Å²) in [4.78, 5) is 14.2. The van der Waals surface area contributed by atoms with Crippen molar-refractivity contribution in [2.24, 2.45) is 11.1 Å². The Bertz CT molecular complexity index is 1010. The van der Waals surface area contributed by atoms with Gasteiger partial charge in [-0.05, 0) is 52.5 Å². The third kappa shape index (κ3) is 3.50. The zero-order chi connectivity index (χ0) is 19.9. The van der Waals surface area contributed by atoms with Gasteiger partial charge in [-0.2, -0.15) is 0 Å². The van der Waals surface area contributed by atoms with Gasteiger partial charge in [-0.3, -0.25) is 0 Å². The van der Waals surface area contributed by atoms with Gasteiger partial charge in [0, 0.05) is 16.3 Å². The molecule has 0 saturated heterocycles. The van der Waals surface area contributed by atoms with E-state index in [1.807, 2.05) is 24.3 Å². The molecule has 2 aromatic carbocycles.